The summed E-state index contributed by atoms with van der Waals surface area (Å²) in [5.41, 5.74) is 1.12. The largest absolute Gasteiger partial charge is 0.486 e. The van der Waals surface area contributed by atoms with Crippen molar-refractivity contribution in [2.45, 2.75) is 25.0 Å². The van der Waals surface area contributed by atoms with Gasteiger partial charge < -0.3 is 20.1 Å². The van der Waals surface area contributed by atoms with E-state index in [-0.39, 0.29) is 12.1 Å². The molecular formula is C20H25N3O2. The Morgan fingerprint density at radius 2 is 1.88 bits per heavy atom. The van der Waals surface area contributed by atoms with Crippen molar-refractivity contribution in [3.63, 3.8) is 0 Å². The van der Waals surface area contributed by atoms with Gasteiger partial charge in [0.05, 0.1) is 11.7 Å². The van der Waals surface area contributed by atoms with Gasteiger partial charge in [0.25, 0.3) is 0 Å². The van der Waals surface area contributed by atoms with E-state index in [1.807, 2.05) is 36.5 Å². The first kappa shape index (κ1) is 16.4. The second kappa shape index (κ2) is 7.85. The predicted molar refractivity (Wildman–Crippen MR) is 96.9 cm³/mol. The average molecular weight is 339 g/mol. The number of fused-ring (bicyclic) bond motifs is 1. The first-order valence-corrected chi connectivity index (χ1v) is 9.13. The van der Waals surface area contributed by atoms with Crippen molar-refractivity contribution in [3.05, 3.63) is 54.4 Å². The molecule has 0 radical (unpaired) electrons. The van der Waals surface area contributed by atoms with Crippen LogP contribution in [-0.2, 0) is 0 Å². The van der Waals surface area contributed by atoms with Crippen LogP contribution in [0.5, 0.6) is 11.5 Å². The number of nitrogens with one attached hydrogen (secondary N) is 2. The van der Waals surface area contributed by atoms with E-state index in [2.05, 4.69) is 27.8 Å². The number of pyridine rings is 1. The van der Waals surface area contributed by atoms with E-state index < -0.39 is 0 Å². The molecule has 0 bridgehead atoms. The summed E-state index contributed by atoms with van der Waals surface area (Å²) in [7, 11) is 0. The molecule has 1 fully saturated rings. The maximum atomic E-state index is 6.09. The molecule has 2 unspecified atom stereocenters. The zero-order valence-corrected chi connectivity index (χ0v) is 14.4. The molecule has 5 heteroatoms. The highest BCUT2D eigenvalue weighted by Gasteiger charge is 2.28. The lowest BCUT2D eigenvalue weighted by Crippen LogP contribution is -2.43. The zero-order chi connectivity index (χ0) is 16.9. The van der Waals surface area contributed by atoms with E-state index in [1.54, 1.807) is 0 Å². The molecule has 2 aromatic rings. The summed E-state index contributed by atoms with van der Waals surface area (Å²) in [5.74, 6) is 2.25. The SMILES string of the molecule is c1ccc(C(NCC2COc3ccccc3O2)C2CCNCC2)nc1. The van der Waals surface area contributed by atoms with Crippen molar-refractivity contribution in [3.8, 4) is 11.5 Å². The molecule has 4 rings (SSSR count). The molecule has 1 aromatic carbocycles. The fourth-order valence-corrected chi connectivity index (χ4v) is 3.67. The highest BCUT2D eigenvalue weighted by Crippen LogP contribution is 2.32. The van der Waals surface area contributed by atoms with Crippen LogP contribution in [0.15, 0.2) is 48.7 Å². The summed E-state index contributed by atoms with van der Waals surface area (Å²) in [5, 5.41) is 7.16. The summed E-state index contributed by atoms with van der Waals surface area (Å²) < 4.78 is 11.9. The van der Waals surface area contributed by atoms with Gasteiger partial charge in [-0.2, -0.15) is 0 Å². The monoisotopic (exact) mass is 339 g/mol. The Labute approximate surface area is 148 Å². The summed E-state index contributed by atoms with van der Waals surface area (Å²) >= 11 is 0. The van der Waals surface area contributed by atoms with Crippen LogP contribution in [0.3, 0.4) is 0 Å². The van der Waals surface area contributed by atoms with Gasteiger partial charge in [0.2, 0.25) is 0 Å². The first-order chi connectivity index (χ1) is 12.4. The normalized spacial score (nSPS) is 21.7. The molecule has 2 aliphatic heterocycles. The average Bonchev–Trinajstić information content (AvgIpc) is 2.70. The highest BCUT2D eigenvalue weighted by molar-refractivity contribution is 5.40. The maximum Gasteiger partial charge on any atom is 0.161 e. The third-order valence-electron chi connectivity index (χ3n) is 4.99. The molecule has 1 saturated heterocycles. The molecular weight excluding hydrogens is 314 g/mol. The minimum atomic E-state index is 0.0165. The number of hydrogen-bond acceptors (Lipinski definition) is 5. The molecule has 0 aliphatic carbocycles. The van der Waals surface area contributed by atoms with E-state index in [4.69, 9.17) is 9.47 Å². The second-order valence-corrected chi connectivity index (χ2v) is 6.73. The van der Waals surface area contributed by atoms with Crippen molar-refractivity contribution in [1.29, 1.82) is 0 Å². The van der Waals surface area contributed by atoms with Gasteiger partial charge in [0.15, 0.2) is 11.5 Å². The van der Waals surface area contributed by atoms with Crippen LogP contribution in [0, 0.1) is 5.92 Å². The number of para-hydroxylation sites is 2. The number of piperidine rings is 1. The van der Waals surface area contributed by atoms with Crippen LogP contribution in [0.25, 0.3) is 0 Å². The fraction of sp³-hybridized carbons (Fsp3) is 0.450. The molecule has 132 valence electrons. The highest BCUT2D eigenvalue weighted by atomic mass is 16.6. The Morgan fingerprint density at radius 3 is 2.68 bits per heavy atom. The Bertz CT molecular complexity index is 674. The Balaban J connectivity index is 1.42. The Morgan fingerprint density at radius 1 is 1.08 bits per heavy atom. The maximum absolute atomic E-state index is 6.09. The molecule has 2 aliphatic rings. The molecule has 2 N–H and O–H groups in total. The topological polar surface area (TPSA) is 55.4 Å². The molecule has 2 atom stereocenters. The van der Waals surface area contributed by atoms with Gasteiger partial charge in [0, 0.05) is 12.7 Å². The molecule has 0 spiro atoms. The lowest BCUT2D eigenvalue weighted by atomic mass is 9.88. The predicted octanol–water partition coefficient (Wildman–Crippen LogP) is 2.55. The Kier molecular flexibility index (Phi) is 5.14. The van der Waals surface area contributed by atoms with Crippen LogP contribution in [0.2, 0.25) is 0 Å². The van der Waals surface area contributed by atoms with Crippen LogP contribution in [0.4, 0.5) is 0 Å². The minimum Gasteiger partial charge on any atom is -0.486 e. The number of ether oxygens (including phenoxy) is 2. The fourth-order valence-electron chi connectivity index (χ4n) is 3.67. The molecule has 1 aromatic heterocycles. The second-order valence-electron chi connectivity index (χ2n) is 6.73. The molecule has 3 heterocycles. The third kappa shape index (κ3) is 3.94. The number of rotatable bonds is 5. The quantitative estimate of drug-likeness (QED) is 0.877. The molecule has 5 nitrogen and oxygen atoms in total. The number of benzene rings is 1. The van der Waals surface area contributed by atoms with Crippen molar-refractivity contribution in [2.75, 3.05) is 26.2 Å². The standard InChI is InChI=1S/C20H25N3O2/c1-2-7-19-18(6-1)24-14-16(25-19)13-23-20(15-8-11-21-12-9-15)17-5-3-4-10-22-17/h1-7,10,15-16,20-21,23H,8-9,11-14H2. The Hall–Kier alpha value is -2.11. The van der Waals surface area contributed by atoms with Crippen molar-refractivity contribution in [2.24, 2.45) is 5.92 Å². The van der Waals surface area contributed by atoms with Gasteiger partial charge in [-0.3, -0.25) is 4.98 Å². The lowest BCUT2D eigenvalue weighted by Gasteiger charge is -2.33. The van der Waals surface area contributed by atoms with E-state index in [0.29, 0.717) is 12.5 Å². The van der Waals surface area contributed by atoms with Gasteiger partial charge in [-0.25, -0.2) is 0 Å². The molecule has 25 heavy (non-hydrogen) atoms. The van der Waals surface area contributed by atoms with Gasteiger partial charge in [-0.05, 0) is 56.1 Å². The van der Waals surface area contributed by atoms with Crippen molar-refractivity contribution in [1.82, 2.24) is 15.6 Å². The lowest BCUT2D eigenvalue weighted by molar-refractivity contribution is 0.0848. The molecule has 0 saturated carbocycles. The summed E-state index contributed by atoms with van der Waals surface area (Å²) in [6.07, 6.45) is 4.22. The number of aromatic nitrogens is 1. The zero-order valence-electron chi connectivity index (χ0n) is 14.4. The van der Waals surface area contributed by atoms with Crippen LogP contribution in [-0.4, -0.2) is 37.3 Å². The van der Waals surface area contributed by atoms with Crippen molar-refractivity contribution >= 4 is 0 Å². The van der Waals surface area contributed by atoms with Gasteiger partial charge in [-0.15, -0.1) is 0 Å². The smallest absolute Gasteiger partial charge is 0.161 e. The number of nitrogens with zero attached hydrogens (tertiary/aromatic N) is 1. The van der Waals surface area contributed by atoms with Crippen LogP contribution >= 0.6 is 0 Å². The summed E-state index contributed by atoms with van der Waals surface area (Å²) in [6, 6.07) is 14.3. The summed E-state index contributed by atoms with van der Waals surface area (Å²) in [4.78, 5) is 4.60. The van der Waals surface area contributed by atoms with Gasteiger partial charge >= 0.3 is 0 Å². The van der Waals surface area contributed by atoms with E-state index in [0.717, 1.165) is 36.8 Å². The van der Waals surface area contributed by atoms with Gasteiger partial charge in [-0.1, -0.05) is 18.2 Å². The number of hydrogen-bond donors (Lipinski definition) is 2. The van der Waals surface area contributed by atoms with E-state index in [9.17, 15) is 0 Å². The van der Waals surface area contributed by atoms with E-state index in [1.165, 1.54) is 12.8 Å². The summed E-state index contributed by atoms with van der Waals surface area (Å²) in [6.45, 7) is 3.48. The molecule has 0 amide bonds. The van der Waals surface area contributed by atoms with Gasteiger partial charge in [0.1, 0.15) is 12.7 Å². The van der Waals surface area contributed by atoms with Crippen molar-refractivity contribution < 1.29 is 9.47 Å². The third-order valence-corrected chi connectivity index (χ3v) is 4.99. The van der Waals surface area contributed by atoms with Crippen LogP contribution < -0.4 is 20.1 Å². The van der Waals surface area contributed by atoms with E-state index >= 15 is 0 Å². The minimum absolute atomic E-state index is 0.0165. The van der Waals surface area contributed by atoms with Crippen LogP contribution in [0.1, 0.15) is 24.6 Å². The first-order valence-electron chi connectivity index (χ1n) is 9.13.